The zero-order valence-electron chi connectivity index (χ0n) is 13.8. The van der Waals surface area contributed by atoms with Gasteiger partial charge in [-0.05, 0) is 38.0 Å². The van der Waals surface area contributed by atoms with E-state index >= 15 is 0 Å². The van der Waals surface area contributed by atoms with E-state index in [1.54, 1.807) is 0 Å². The summed E-state index contributed by atoms with van der Waals surface area (Å²) in [5.41, 5.74) is 4.87. The van der Waals surface area contributed by atoms with Crippen LogP contribution in [0, 0.1) is 16.7 Å². The van der Waals surface area contributed by atoms with Crippen molar-refractivity contribution in [3.05, 3.63) is 0 Å². The molecule has 0 aromatic carbocycles. The van der Waals surface area contributed by atoms with Crippen molar-refractivity contribution in [3.63, 3.8) is 0 Å². The number of hydrogen-bond acceptors (Lipinski definition) is 2. The Morgan fingerprint density at radius 1 is 1.24 bits per heavy atom. The van der Waals surface area contributed by atoms with E-state index in [-0.39, 0.29) is 11.3 Å². The van der Waals surface area contributed by atoms with Gasteiger partial charge in [0.05, 0.1) is 0 Å². The molecule has 120 valence electrons. The molecule has 0 radical (unpaired) electrons. The second-order valence-corrected chi connectivity index (χ2v) is 7.98. The Balaban J connectivity index is 1.97. The van der Waals surface area contributed by atoms with Gasteiger partial charge in [0.25, 0.3) is 0 Å². The molecule has 0 unspecified atom stereocenters. The first-order valence-electron chi connectivity index (χ1n) is 8.34. The fourth-order valence-electron chi connectivity index (χ4n) is 3.99. The molecular weight excluding hydrogens is 264 g/mol. The summed E-state index contributed by atoms with van der Waals surface area (Å²) in [6.45, 7) is 7.62. The van der Waals surface area contributed by atoms with E-state index in [0.29, 0.717) is 11.8 Å². The summed E-state index contributed by atoms with van der Waals surface area (Å²) >= 11 is 0. The van der Waals surface area contributed by atoms with Crippen LogP contribution in [-0.2, 0) is 9.59 Å². The Morgan fingerprint density at radius 3 is 2.43 bits per heavy atom. The highest BCUT2D eigenvalue weighted by Crippen LogP contribution is 2.40. The lowest BCUT2D eigenvalue weighted by Gasteiger charge is -2.39. The molecule has 2 fully saturated rings. The first-order valence-corrected chi connectivity index (χ1v) is 8.34. The van der Waals surface area contributed by atoms with Gasteiger partial charge in [-0.3, -0.25) is 9.59 Å². The van der Waals surface area contributed by atoms with Crippen LogP contribution in [0.2, 0.25) is 0 Å². The SMILES string of the molecule is CC(C)(C[C@H]1CCCN(C(=O)C2(C)CCCC2)C1)C(N)=O. The summed E-state index contributed by atoms with van der Waals surface area (Å²) in [4.78, 5) is 26.4. The van der Waals surface area contributed by atoms with Crippen LogP contribution < -0.4 is 5.73 Å². The summed E-state index contributed by atoms with van der Waals surface area (Å²) in [5, 5.41) is 0. The van der Waals surface area contributed by atoms with E-state index in [1.807, 2.05) is 13.8 Å². The average Bonchev–Trinajstić information content (AvgIpc) is 2.85. The third kappa shape index (κ3) is 3.58. The van der Waals surface area contributed by atoms with Crippen LogP contribution in [-0.4, -0.2) is 29.8 Å². The summed E-state index contributed by atoms with van der Waals surface area (Å²) in [6.07, 6.45) is 7.32. The number of primary amides is 1. The highest BCUT2D eigenvalue weighted by molar-refractivity contribution is 5.83. The minimum Gasteiger partial charge on any atom is -0.369 e. The molecule has 0 aromatic heterocycles. The maximum atomic E-state index is 12.8. The zero-order valence-corrected chi connectivity index (χ0v) is 13.8. The molecule has 4 heteroatoms. The Morgan fingerprint density at radius 2 is 1.86 bits per heavy atom. The quantitative estimate of drug-likeness (QED) is 0.866. The van der Waals surface area contributed by atoms with E-state index in [9.17, 15) is 9.59 Å². The average molecular weight is 294 g/mol. The molecule has 1 atom stereocenters. The molecule has 2 rings (SSSR count). The maximum Gasteiger partial charge on any atom is 0.228 e. The molecule has 1 aliphatic carbocycles. The van der Waals surface area contributed by atoms with Crippen LogP contribution >= 0.6 is 0 Å². The zero-order chi connectivity index (χ0) is 15.7. The Kier molecular flexibility index (Phi) is 4.64. The summed E-state index contributed by atoms with van der Waals surface area (Å²) < 4.78 is 0. The molecule has 1 saturated carbocycles. The normalized spacial score (nSPS) is 25.9. The van der Waals surface area contributed by atoms with Crippen LogP contribution in [0.4, 0.5) is 0 Å². The first kappa shape index (κ1) is 16.3. The van der Waals surface area contributed by atoms with Gasteiger partial charge in [0.2, 0.25) is 11.8 Å². The molecule has 0 spiro atoms. The third-order valence-corrected chi connectivity index (χ3v) is 5.50. The van der Waals surface area contributed by atoms with E-state index in [0.717, 1.165) is 45.2 Å². The Hall–Kier alpha value is -1.06. The van der Waals surface area contributed by atoms with Crippen molar-refractivity contribution in [3.8, 4) is 0 Å². The number of carbonyl (C=O) groups excluding carboxylic acids is 2. The minimum atomic E-state index is -0.478. The number of likely N-dealkylation sites (tertiary alicyclic amines) is 1. The molecule has 0 bridgehead atoms. The maximum absolute atomic E-state index is 12.8. The summed E-state index contributed by atoms with van der Waals surface area (Å²) in [5.74, 6) is 0.491. The number of rotatable bonds is 4. The first-order chi connectivity index (χ1) is 9.74. The topological polar surface area (TPSA) is 63.4 Å². The van der Waals surface area contributed by atoms with Crippen LogP contribution in [0.15, 0.2) is 0 Å². The molecule has 2 N–H and O–H groups in total. The van der Waals surface area contributed by atoms with E-state index in [2.05, 4.69) is 11.8 Å². The smallest absolute Gasteiger partial charge is 0.228 e. The largest absolute Gasteiger partial charge is 0.369 e. The standard InChI is InChI=1S/C17H30N2O2/c1-16(2,14(18)20)11-13-7-6-10-19(12-13)15(21)17(3)8-4-5-9-17/h13H,4-12H2,1-3H3,(H2,18,20)/t13-/m1/s1. The predicted octanol–water partition coefficient (Wildman–Crippen LogP) is 2.71. The fraction of sp³-hybridized carbons (Fsp3) is 0.882. The molecule has 2 aliphatic rings. The fourth-order valence-corrected chi connectivity index (χ4v) is 3.99. The molecule has 1 saturated heterocycles. The van der Waals surface area contributed by atoms with Gasteiger partial charge in [-0.15, -0.1) is 0 Å². The highest BCUT2D eigenvalue weighted by atomic mass is 16.2. The number of amides is 2. The van der Waals surface area contributed by atoms with E-state index < -0.39 is 5.41 Å². The highest BCUT2D eigenvalue weighted by Gasteiger charge is 2.41. The molecule has 1 heterocycles. The van der Waals surface area contributed by atoms with Crippen molar-refractivity contribution in [2.24, 2.45) is 22.5 Å². The number of nitrogens with two attached hydrogens (primary N) is 1. The van der Waals surface area contributed by atoms with Crippen molar-refractivity contribution in [2.45, 2.75) is 65.7 Å². The molecule has 2 amide bonds. The summed E-state index contributed by atoms with van der Waals surface area (Å²) in [6, 6.07) is 0. The predicted molar refractivity (Wildman–Crippen MR) is 83.5 cm³/mol. The van der Waals surface area contributed by atoms with Gasteiger partial charge < -0.3 is 10.6 Å². The van der Waals surface area contributed by atoms with Gasteiger partial charge in [0.1, 0.15) is 0 Å². The van der Waals surface area contributed by atoms with E-state index in [1.165, 1.54) is 12.8 Å². The van der Waals surface area contributed by atoms with Gasteiger partial charge in [-0.1, -0.05) is 33.6 Å². The van der Waals surface area contributed by atoms with Gasteiger partial charge in [0.15, 0.2) is 0 Å². The van der Waals surface area contributed by atoms with Gasteiger partial charge in [-0.2, -0.15) is 0 Å². The number of carbonyl (C=O) groups is 2. The lowest BCUT2D eigenvalue weighted by atomic mass is 9.78. The van der Waals surface area contributed by atoms with Crippen LogP contribution in [0.1, 0.15) is 65.7 Å². The molecule has 4 nitrogen and oxygen atoms in total. The molecule has 1 aliphatic heterocycles. The monoisotopic (exact) mass is 294 g/mol. The van der Waals surface area contributed by atoms with Crippen LogP contribution in [0.25, 0.3) is 0 Å². The Labute approximate surface area is 128 Å². The Bertz CT molecular complexity index is 411. The lowest BCUT2D eigenvalue weighted by molar-refractivity contribution is -0.143. The third-order valence-electron chi connectivity index (χ3n) is 5.50. The number of piperidine rings is 1. The van der Waals surface area contributed by atoms with Gasteiger partial charge >= 0.3 is 0 Å². The van der Waals surface area contributed by atoms with Crippen molar-refractivity contribution in [2.75, 3.05) is 13.1 Å². The number of hydrogen-bond donors (Lipinski definition) is 1. The molecule has 0 aromatic rings. The van der Waals surface area contributed by atoms with E-state index in [4.69, 9.17) is 5.73 Å². The molecule has 21 heavy (non-hydrogen) atoms. The number of nitrogens with zero attached hydrogens (tertiary/aromatic N) is 1. The minimum absolute atomic E-state index is 0.138. The van der Waals surface area contributed by atoms with Crippen molar-refractivity contribution < 1.29 is 9.59 Å². The van der Waals surface area contributed by atoms with Crippen molar-refractivity contribution in [1.82, 2.24) is 4.90 Å². The second kappa shape index (κ2) is 5.98. The second-order valence-electron chi connectivity index (χ2n) is 7.98. The van der Waals surface area contributed by atoms with Crippen molar-refractivity contribution in [1.29, 1.82) is 0 Å². The summed E-state index contributed by atoms with van der Waals surface area (Å²) in [7, 11) is 0. The van der Waals surface area contributed by atoms with Crippen LogP contribution in [0.5, 0.6) is 0 Å². The van der Waals surface area contributed by atoms with Gasteiger partial charge in [0, 0.05) is 23.9 Å². The van der Waals surface area contributed by atoms with Gasteiger partial charge in [-0.25, -0.2) is 0 Å². The lowest BCUT2D eigenvalue weighted by Crippen LogP contribution is -2.47. The molecular formula is C17H30N2O2. The van der Waals surface area contributed by atoms with Crippen LogP contribution in [0.3, 0.4) is 0 Å². The van der Waals surface area contributed by atoms with Crippen molar-refractivity contribution >= 4 is 11.8 Å².